The number of halogens is 3. The lowest BCUT2D eigenvalue weighted by Crippen LogP contribution is -2.48. The van der Waals surface area contributed by atoms with E-state index in [1.165, 1.54) is 11.4 Å². The van der Waals surface area contributed by atoms with Crippen molar-refractivity contribution in [3.8, 4) is 0 Å². The molecule has 1 saturated heterocycles. The van der Waals surface area contributed by atoms with E-state index in [0.717, 1.165) is 37.2 Å². The molecular formula is C21H23F3N2O4S. The van der Waals surface area contributed by atoms with Crippen LogP contribution in [0.4, 0.5) is 13.2 Å². The Bertz CT molecular complexity index is 1000. The summed E-state index contributed by atoms with van der Waals surface area (Å²) in [6.07, 6.45) is -3.13. The third-order valence-electron chi connectivity index (χ3n) is 5.18. The van der Waals surface area contributed by atoms with E-state index in [1.54, 1.807) is 24.3 Å². The van der Waals surface area contributed by atoms with Crippen molar-refractivity contribution in [2.45, 2.75) is 36.5 Å². The number of methoxy groups -OCH3 is 1. The molecule has 1 heterocycles. The van der Waals surface area contributed by atoms with E-state index in [0.29, 0.717) is 24.1 Å². The van der Waals surface area contributed by atoms with E-state index in [1.807, 2.05) is 0 Å². The third-order valence-corrected chi connectivity index (χ3v) is 7.09. The highest BCUT2D eigenvalue weighted by Crippen LogP contribution is 2.31. The molecule has 1 N–H and O–H groups in total. The highest BCUT2D eigenvalue weighted by molar-refractivity contribution is 7.89. The summed E-state index contributed by atoms with van der Waals surface area (Å²) >= 11 is 0. The SMILES string of the molecule is COC(=O)c1ccc(CN(C2CCCNC2)S(=O)(=O)c2ccc(C(F)(F)F)cc2)cc1. The minimum Gasteiger partial charge on any atom is -0.465 e. The maximum Gasteiger partial charge on any atom is 0.416 e. The Balaban J connectivity index is 1.91. The minimum atomic E-state index is -4.54. The summed E-state index contributed by atoms with van der Waals surface area (Å²) in [5.74, 6) is -0.503. The summed E-state index contributed by atoms with van der Waals surface area (Å²) in [5, 5.41) is 3.17. The van der Waals surface area contributed by atoms with Crippen LogP contribution in [0.3, 0.4) is 0 Å². The summed E-state index contributed by atoms with van der Waals surface area (Å²) < 4.78 is 71.3. The summed E-state index contributed by atoms with van der Waals surface area (Å²) in [4.78, 5) is 11.4. The highest BCUT2D eigenvalue weighted by Gasteiger charge is 2.34. The largest absolute Gasteiger partial charge is 0.465 e. The predicted octanol–water partition coefficient (Wildman–Crippen LogP) is 3.43. The molecule has 168 valence electrons. The normalized spacial score (nSPS) is 17.5. The number of nitrogens with zero attached hydrogens (tertiary/aromatic N) is 1. The van der Waals surface area contributed by atoms with E-state index in [9.17, 15) is 26.4 Å². The molecule has 1 unspecified atom stereocenters. The molecule has 10 heteroatoms. The zero-order valence-electron chi connectivity index (χ0n) is 16.9. The number of carbonyl (C=O) groups excluding carboxylic acids is 1. The molecule has 0 amide bonds. The number of rotatable bonds is 6. The van der Waals surface area contributed by atoms with Crippen molar-refractivity contribution in [1.82, 2.24) is 9.62 Å². The van der Waals surface area contributed by atoms with Crippen LogP contribution in [0, 0.1) is 0 Å². The quantitative estimate of drug-likeness (QED) is 0.674. The number of hydrogen-bond acceptors (Lipinski definition) is 5. The van der Waals surface area contributed by atoms with Crippen molar-refractivity contribution in [3.63, 3.8) is 0 Å². The molecule has 0 spiro atoms. The molecule has 6 nitrogen and oxygen atoms in total. The molecule has 0 aliphatic carbocycles. The maximum atomic E-state index is 13.4. The van der Waals surface area contributed by atoms with Gasteiger partial charge in [-0.1, -0.05) is 12.1 Å². The lowest BCUT2D eigenvalue weighted by molar-refractivity contribution is -0.137. The van der Waals surface area contributed by atoms with E-state index in [-0.39, 0.29) is 17.5 Å². The first-order valence-electron chi connectivity index (χ1n) is 9.70. The van der Waals surface area contributed by atoms with Gasteiger partial charge in [-0.3, -0.25) is 0 Å². The van der Waals surface area contributed by atoms with Crippen molar-refractivity contribution < 1.29 is 31.1 Å². The molecule has 1 aliphatic heterocycles. The van der Waals surface area contributed by atoms with Crippen LogP contribution in [0.1, 0.15) is 34.3 Å². The van der Waals surface area contributed by atoms with Gasteiger partial charge in [-0.15, -0.1) is 0 Å². The Hall–Kier alpha value is -2.43. The first kappa shape index (κ1) is 23.2. The van der Waals surface area contributed by atoms with Crippen LogP contribution in [-0.2, 0) is 27.5 Å². The lowest BCUT2D eigenvalue weighted by Gasteiger charge is -2.34. The first-order chi connectivity index (χ1) is 14.6. The topological polar surface area (TPSA) is 75.7 Å². The van der Waals surface area contributed by atoms with E-state index in [2.05, 4.69) is 10.1 Å². The van der Waals surface area contributed by atoms with Gasteiger partial charge in [0, 0.05) is 19.1 Å². The fourth-order valence-electron chi connectivity index (χ4n) is 3.48. The summed E-state index contributed by atoms with van der Waals surface area (Å²) in [6, 6.07) is 9.54. The lowest BCUT2D eigenvalue weighted by atomic mass is 10.1. The van der Waals surface area contributed by atoms with Crippen LogP contribution in [0.25, 0.3) is 0 Å². The fourth-order valence-corrected chi connectivity index (χ4v) is 5.13. The maximum absolute atomic E-state index is 13.4. The summed E-state index contributed by atoms with van der Waals surface area (Å²) in [6.45, 7) is 1.25. The Labute approximate surface area is 179 Å². The number of benzene rings is 2. The molecule has 2 aromatic carbocycles. The molecule has 2 aromatic rings. The number of carbonyl (C=O) groups is 1. The Morgan fingerprint density at radius 3 is 2.29 bits per heavy atom. The second kappa shape index (κ2) is 9.37. The summed E-state index contributed by atoms with van der Waals surface area (Å²) in [5.41, 5.74) is 0.0761. The second-order valence-electron chi connectivity index (χ2n) is 7.26. The molecule has 0 saturated carbocycles. The molecule has 0 radical (unpaired) electrons. The minimum absolute atomic E-state index is 0.0250. The zero-order chi connectivity index (χ0) is 22.6. The van der Waals surface area contributed by atoms with Crippen LogP contribution in [0.15, 0.2) is 53.4 Å². The van der Waals surface area contributed by atoms with E-state index >= 15 is 0 Å². The molecular weight excluding hydrogens is 433 g/mol. The molecule has 0 aromatic heterocycles. The van der Waals surface area contributed by atoms with Gasteiger partial charge in [0.1, 0.15) is 0 Å². The van der Waals surface area contributed by atoms with Crippen molar-refractivity contribution in [3.05, 3.63) is 65.2 Å². The summed E-state index contributed by atoms with van der Waals surface area (Å²) in [7, 11) is -2.79. The van der Waals surface area contributed by atoms with Gasteiger partial charge in [0.05, 0.1) is 23.1 Å². The van der Waals surface area contributed by atoms with Crippen molar-refractivity contribution in [2.75, 3.05) is 20.2 Å². The number of piperidine rings is 1. The van der Waals surface area contributed by atoms with E-state index < -0.39 is 27.7 Å². The average Bonchev–Trinajstić information content (AvgIpc) is 2.77. The van der Waals surface area contributed by atoms with Gasteiger partial charge in [-0.2, -0.15) is 17.5 Å². The number of sulfonamides is 1. The third kappa shape index (κ3) is 5.44. The molecule has 0 bridgehead atoms. The van der Waals surface area contributed by atoms with Crippen LogP contribution < -0.4 is 5.32 Å². The van der Waals surface area contributed by atoms with Crippen LogP contribution in [0.2, 0.25) is 0 Å². The number of nitrogens with one attached hydrogen (secondary N) is 1. The smallest absolute Gasteiger partial charge is 0.416 e. The van der Waals surface area contributed by atoms with E-state index in [4.69, 9.17) is 0 Å². The number of esters is 1. The standard InChI is InChI=1S/C21H23F3N2O4S/c1-30-20(27)16-6-4-15(5-7-16)14-26(18-3-2-12-25-13-18)31(28,29)19-10-8-17(9-11-19)21(22,23)24/h4-11,18,25H,2-3,12-14H2,1H3. The van der Waals surface area contributed by atoms with Gasteiger partial charge in [0.25, 0.3) is 0 Å². The molecule has 1 fully saturated rings. The monoisotopic (exact) mass is 456 g/mol. The highest BCUT2D eigenvalue weighted by atomic mass is 32.2. The predicted molar refractivity (Wildman–Crippen MR) is 108 cm³/mol. The zero-order valence-corrected chi connectivity index (χ0v) is 17.7. The van der Waals surface area contributed by atoms with Crippen molar-refractivity contribution >= 4 is 16.0 Å². The Morgan fingerprint density at radius 2 is 1.77 bits per heavy atom. The first-order valence-corrected chi connectivity index (χ1v) is 11.1. The van der Waals surface area contributed by atoms with Crippen molar-refractivity contribution in [2.24, 2.45) is 0 Å². The molecule has 1 aliphatic rings. The van der Waals surface area contributed by atoms with Crippen LogP contribution in [-0.4, -0.2) is 44.9 Å². The fraction of sp³-hybridized carbons (Fsp3) is 0.381. The van der Waals surface area contributed by atoms with Crippen molar-refractivity contribution in [1.29, 1.82) is 0 Å². The van der Waals surface area contributed by atoms with Gasteiger partial charge >= 0.3 is 12.1 Å². The second-order valence-corrected chi connectivity index (χ2v) is 9.15. The molecule has 3 rings (SSSR count). The molecule has 31 heavy (non-hydrogen) atoms. The Morgan fingerprint density at radius 1 is 1.13 bits per heavy atom. The van der Waals surface area contributed by atoms with Gasteiger partial charge in [0.2, 0.25) is 10.0 Å². The number of alkyl halides is 3. The van der Waals surface area contributed by atoms with Gasteiger partial charge < -0.3 is 10.1 Å². The molecule has 1 atom stereocenters. The Kier molecular flexibility index (Phi) is 7.03. The number of hydrogen-bond donors (Lipinski definition) is 1. The van der Waals surface area contributed by atoms with Gasteiger partial charge in [-0.05, 0) is 61.3 Å². The van der Waals surface area contributed by atoms with Gasteiger partial charge in [0.15, 0.2) is 0 Å². The average molecular weight is 456 g/mol. The van der Waals surface area contributed by atoms with Crippen LogP contribution >= 0.6 is 0 Å². The van der Waals surface area contributed by atoms with Crippen LogP contribution in [0.5, 0.6) is 0 Å². The van der Waals surface area contributed by atoms with Gasteiger partial charge in [-0.25, -0.2) is 13.2 Å². The number of ether oxygens (including phenoxy) is 1.